The van der Waals surface area contributed by atoms with Crippen molar-refractivity contribution in [3.63, 3.8) is 0 Å². The van der Waals surface area contributed by atoms with Crippen LogP contribution < -0.4 is 15.4 Å². The minimum absolute atomic E-state index is 0. The van der Waals surface area contributed by atoms with Crippen LogP contribution in [0.4, 0.5) is 0 Å². The number of benzene rings is 1. The van der Waals surface area contributed by atoms with E-state index in [0.29, 0.717) is 0 Å². The highest BCUT2D eigenvalue weighted by Crippen LogP contribution is 2.36. The molecule has 1 saturated heterocycles. The smallest absolute Gasteiger partial charge is 0.191 e. The van der Waals surface area contributed by atoms with Gasteiger partial charge in [-0.25, -0.2) is 4.98 Å². The number of hydrogen-bond donors (Lipinski definition) is 2. The van der Waals surface area contributed by atoms with Crippen molar-refractivity contribution in [1.29, 1.82) is 0 Å². The molecule has 0 atom stereocenters. The molecule has 0 saturated carbocycles. The Kier molecular flexibility index (Phi) is 10.5. The van der Waals surface area contributed by atoms with Gasteiger partial charge in [-0.3, -0.25) is 4.99 Å². The lowest BCUT2D eigenvalue weighted by atomic mass is 9.74. The van der Waals surface area contributed by atoms with Gasteiger partial charge in [0, 0.05) is 43.0 Å². The molecule has 2 N–H and O–H groups in total. The number of aromatic nitrogens is 1. The number of aliphatic imine (C=N–C) groups is 1. The summed E-state index contributed by atoms with van der Waals surface area (Å²) in [4.78, 5) is 10.9. The minimum atomic E-state index is -0.00357. The molecule has 0 radical (unpaired) electrons. The van der Waals surface area contributed by atoms with Crippen LogP contribution in [0.25, 0.3) is 0 Å². The number of nitrogens with one attached hydrogen (secondary N) is 2. The standard InChI is InChI=1S/C23H34N4O2S.HI/c1-5-24-22(25-13-10-21-27-17(2)18(3)30-21)26-16-23(11-14-29-15-12-23)19-6-8-20(28-4)9-7-19;/h6-9H,5,10-16H2,1-4H3,(H2,24,25,26);1H. The number of methoxy groups -OCH3 is 1. The second-order valence-electron chi connectivity index (χ2n) is 7.74. The molecule has 8 heteroatoms. The summed E-state index contributed by atoms with van der Waals surface area (Å²) in [5.74, 6) is 1.74. The number of thiazole rings is 1. The molecule has 0 bridgehead atoms. The van der Waals surface area contributed by atoms with Gasteiger partial charge in [0.25, 0.3) is 0 Å². The lowest BCUT2D eigenvalue weighted by molar-refractivity contribution is 0.0531. The average Bonchev–Trinajstić information content (AvgIpc) is 3.10. The van der Waals surface area contributed by atoms with Crippen LogP contribution in [0, 0.1) is 13.8 Å². The highest BCUT2D eigenvalue weighted by Gasteiger charge is 2.34. The predicted molar refractivity (Wildman–Crippen MR) is 139 cm³/mol. The van der Waals surface area contributed by atoms with Crippen molar-refractivity contribution < 1.29 is 9.47 Å². The van der Waals surface area contributed by atoms with Gasteiger partial charge in [-0.05, 0) is 51.3 Å². The topological polar surface area (TPSA) is 67.8 Å². The summed E-state index contributed by atoms with van der Waals surface area (Å²) < 4.78 is 11.0. The summed E-state index contributed by atoms with van der Waals surface area (Å²) in [6.45, 7) is 10.2. The predicted octanol–water partition coefficient (Wildman–Crippen LogP) is 4.23. The van der Waals surface area contributed by atoms with E-state index in [1.165, 1.54) is 15.4 Å². The van der Waals surface area contributed by atoms with Gasteiger partial charge in [-0.2, -0.15) is 0 Å². The number of guanidine groups is 1. The molecule has 6 nitrogen and oxygen atoms in total. The number of ether oxygens (including phenoxy) is 2. The molecule has 2 aromatic rings. The molecular weight excluding hydrogens is 523 g/mol. The second-order valence-corrected chi connectivity index (χ2v) is 9.03. The first-order valence-corrected chi connectivity index (χ1v) is 11.6. The van der Waals surface area contributed by atoms with E-state index >= 15 is 0 Å². The van der Waals surface area contributed by atoms with E-state index in [2.05, 4.69) is 48.5 Å². The molecule has 172 valence electrons. The summed E-state index contributed by atoms with van der Waals surface area (Å²) in [5.41, 5.74) is 2.44. The second kappa shape index (κ2) is 12.6. The first kappa shape index (κ1) is 25.9. The Morgan fingerprint density at radius 1 is 1.19 bits per heavy atom. The Bertz CT molecular complexity index is 813. The van der Waals surface area contributed by atoms with Crippen molar-refractivity contribution in [2.45, 2.75) is 45.4 Å². The van der Waals surface area contributed by atoms with E-state index in [-0.39, 0.29) is 29.4 Å². The number of rotatable bonds is 8. The SMILES string of the molecule is CCNC(=NCC1(c2ccc(OC)cc2)CCOCC1)NCCc1nc(C)c(C)s1.I. The lowest BCUT2D eigenvalue weighted by Crippen LogP contribution is -2.41. The Morgan fingerprint density at radius 3 is 2.48 bits per heavy atom. The normalized spacial score (nSPS) is 15.8. The molecule has 3 rings (SSSR count). The quantitative estimate of drug-likeness (QED) is 0.289. The summed E-state index contributed by atoms with van der Waals surface area (Å²) >= 11 is 1.78. The lowest BCUT2D eigenvalue weighted by Gasteiger charge is -2.36. The molecule has 1 aromatic heterocycles. The van der Waals surface area contributed by atoms with Crippen molar-refractivity contribution in [2.75, 3.05) is 40.0 Å². The molecule has 1 aromatic carbocycles. The average molecular weight is 559 g/mol. The van der Waals surface area contributed by atoms with Crippen LogP contribution in [0.3, 0.4) is 0 Å². The molecule has 1 aliphatic heterocycles. The first-order valence-electron chi connectivity index (χ1n) is 10.7. The fourth-order valence-corrected chi connectivity index (χ4v) is 4.68. The molecule has 0 spiro atoms. The van der Waals surface area contributed by atoms with Gasteiger partial charge in [-0.15, -0.1) is 35.3 Å². The fraction of sp³-hybridized carbons (Fsp3) is 0.565. The van der Waals surface area contributed by atoms with Gasteiger partial charge >= 0.3 is 0 Å². The van der Waals surface area contributed by atoms with Crippen molar-refractivity contribution in [3.05, 3.63) is 45.4 Å². The molecule has 0 amide bonds. The van der Waals surface area contributed by atoms with Crippen LogP contribution >= 0.6 is 35.3 Å². The molecule has 31 heavy (non-hydrogen) atoms. The number of halogens is 1. The van der Waals surface area contributed by atoms with E-state index in [0.717, 1.165) is 69.5 Å². The Morgan fingerprint density at radius 2 is 1.90 bits per heavy atom. The van der Waals surface area contributed by atoms with Crippen LogP contribution in [-0.4, -0.2) is 50.9 Å². The zero-order chi connectivity index (χ0) is 21.4. The molecule has 1 aliphatic rings. The number of nitrogens with zero attached hydrogens (tertiary/aromatic N) is 2. The van der Waals surface area contributed by atoms with Crippen LogP contribution in [0.15, 0.2) is 29.3 Å². The molecule has 1 fully saturated rings. The maximum absolute atomic E-state index is 5.66. The molecule has 2 heterocycles. The summed E-state index contributed by atoms with van der Waals surface area (Å²) in [7, 11) is 1.70. The van der Waals surface area contributed by atoms with E-state index in [1.807, 2.05) is 12.1 Å². The first-order chi connectivity index (χ1) is 14.6. The zero-order valence-electron chi connectivity index (χ0n) is 19.0. The Balaban J connectivity index is 0.00000341. The number of hydrogen-bond acceptors (Lipinski definition) is 5. The van der Waals surface area contributed by atoms with E-state index in [1.54, 1.807) is 18.4 Å². The van der Waals surface area contributed by atoms with E-state index in [4.69, 9.17) is 14.5 Å². The molecule has 0 unspecified atom stereocenters. The summed E-state index contributed by atoms with van der Waals surface area (Å²) in [6, 6.07) is 8.43. The van der Waals surface area contributed by atoms with Gasteiger partial charge in [0.1, 0.15) is 5.75 Å². The van der Waals surface area contributed by atoms with E-state index < -0.39 is 0 Å². The Hall–Kier alpha value is -1.39. The zero-order valence-corrected chi connectivity index (χ0v) is 22.1. The minimum Gasteiger partial charge on any atom is -0.497 e. The third kappa shape index (κ3) is 7.05. The van der Waals surface area contributed by atoms with Gasteiger partial charge in [0.15, 0.2) is 5.96 Å². The van der Waals surface area contributed by atoms with Crippen LogP contribution in [0.1, 0.15) is 40.9 Å². The monoisotopic (exact) mass is 558 g/mol. The van der Waals surface area contributed by atoms with Gasteiger partial charge < -0.3 is 20.1 Å². The third-order valence-corrected chi connectivity index (χ3v) is 6.87. The van der Waals surface area contributed by atoms with Gasteiger partial charge in [-0.1, -0.05) is 12.1 Å². The van der Waals surface area contributed by atoms with Gasteiger partial charge in [0.2, 0.25) is 0 Å². The van der Waals surface area contributed by atoms with Crippen molar-refractivity contribution in [3.8, 4) is 5.75 Å². The highest BCUT2D eigenvalue weighted by atomic mass is 127. The maximum atomic E-state index is 5.66. The fourth-order valence-electron chi connectivity index (χ4n) is 3.75. The number of aryl methyl sites for hydroxylation is 2. The maximum Gasteiger partial charge on any atom is 0.191 e. The summed E-state index contributed by atoms with van der Waals surface area (Å²) in [6.07, 6.45) is 2.85. The van der Waals surface area contributed by atoms with Crippen molar-refractivity contribution in [1.82, 2.24) is 15.6 Å². The van der Waals surface area contributed by atoms with Crippen molar-refractivity contribution in [2.24, 2.45) is 4.99 Å². The highest BCUT2D eigenvalue weighted by molar-refractivity contribution is 14.0. The largest absolute Gasteiger partial charge is 0.497 e. The van der Waals surface area contributed by atoms with E-state index in [9.17, 15) is 0 Å². The van der Waals surface area contributed by atoms with Crippen molar-refractivity contribution >= 4 is 41.3 Å². The third-order valence-electron chi connectivity index (χ3n) is 5.74. The van der Waals surface area contributed by atoms with Crippen LogP contribution in [-0.2, 0) is 16.6 Å². The Labute approximate surface area is 207 Å². The molecular formula is C23H35IN4O2S. The van der Waals surface area contributed by atoms with Crippen LogP contribution in [0.2, 0.25) is 0 Å². The van der Waals surface area contributed by atoms with Gasteiger partial charge in [0.05, 0.1) is 24.4 Å². The van der Waals surface area contributed by atoms with Crippen LogP contribution in [0.5, 0.6) is 5.75 Å². The summed E-state index contributed by atoms with van der Waals surface area (Å²) in [5, 5.41) is 8.03. The molecule has 0 aliphatic carbocycles.